The van der Waals surface area contributed by atoms with Gasteiger partial charge in [0.2, 0.25) is 0 Å². The number of sulfone groups is 1. The molecule has 3 aromatic rings. The zero-order valence-electron chi connectivity index (χ0n) is 17.5. The van der Waals surface area contributed by atoms with Crippen LogP contribution in [0.5, 0.6) is 0 Å². The maximum atomic E-state index is 12.1. The van der Waals surface area contributed by atoms with Gasteiger partial charge in [-0.1, -0.05) is 12.1 Å². The summed E-state index contributed by atoms with van der Waals surface area (Å²) in [6, 6.07) is 9.51. The van der Waals surface area contributed by atoms with E-state index < -0.39 is 15.9 Å². The van der Waals surface area contributed by atoms with Crippen molar-refractivity contribution in [3.8, 4) is 0 Å². The number of hydrogen-bond acceptors (Lipinski definition) is 6. The molecule has 0 aliphatic carbocycles. The lowest BCUT2D eigenvalue weighted by Gasteiger charge is -2.15. The fraction of sp³-hybridized carbons (Fsp3) is 0.333. The van der Waals surface area contributed by atoms with Gasteiger partial charge in [0.05, 0.1) is 17.1 Å². The Bertz CT molecular complexity index is 1190. The van der Waals surface area contributed by atoms with Gasteiger partial charge in [0.25, 0.3) is 0 Å². The molecule has 160 valence electrons. The summed E-state index contributed by atoms with van der Waals surface area (Å²) in [4.78, 5) is 16.7. The van der Waals surface area contributed by atoms with E-state index in [4.69, 9.17) is 4.74 Å². The van der Waals surface area contributed by atoms with Crippen LogP contribution in [0.2, 0.25) is 0 Å². The van der Waals surface area contributed by atoms with Crippen molar-refractivity contribution in [1.82, 2.24) is 9.38 Å². The van der Waals surface area contributed by atoms with Gasteiger partial charge in [-0.2, -0.15) is 0 Å². The topological polar surface area (TPSA) is 102 Å². The monoisotopic (exact) mass is 430 g/mol. The number of aryl methyl sites for hydroxylation is 3. The third-order valence-corrected chi connectivity index (χ3v) is 5.82. The fourth-order valence-electron chi connectivity index (χ4n) is 3.11. The van der Waals surface area contributed by atoms with E-state index in [1.165, 1.54) is 0 Å². The van der Waals surface area contributed by atoms with Crippen LogP contribution in [0.1, 0.15) is 22.5 Å². The van der Waals surface area contributed by atoms with Gasteiger partial charge in [-0.3, -0.25) is 5.32 Å². The molecule has 2 aromatic heterocycles. The molecule has 1 aromatic carbocycles. The first-order chi connectivity index (χ1) is 14.2. The first-order valence-corrected chi connectivity index (χ1v) is 11.6. The lowest BCUT2D eigenvalue weighted by molar-refractivity contribution is 0.168. The summed E-state index contributed by atoms with van der Waals surface area (Å²) in [5.74, 6) is -0.212. The molecule has 1 amide bonds. The predicted octanol–water partition coefficient (Wildman–Crippen LogP) is 3.46. The molecule has 0 unspecified atom stereocenters. The van der Waals surface area contributed by atoms with Crippen LogP contribution in [-0.2, 0) is 21.1 Å². The molecular weight excluding hydrogens is 404 g/mol. The van der Waals surface area contributed by atoms with Crippen molar-refractivity contribution in [3.05, 3.63) is 59.0 Å². The van der Waals surface area contributed by atoms with Crippen LogP contribution < -0.4 is 10.6 Å². The highest BCUT2D eigenvalue weighted by molar-refractivity contribution is 7.90. The zero-order valence-corrected chi connectivity index (χ0v) is 18.3. The van der Waals surface area contributed by atoms with Gasteiger partial charge >= 0.3 is 6.09 Å². The van der Waals surface area contributed by atoms with Gasteiger partial charge in [-0.05, 0) is 50.1 Å². The molecule has 0 bridgehead atoms. The number of nitrogens with zero attached hydrogens (tertiary/aromatic N) is 2. The highest BCUT2D eigenvalue weighted by Crippen LogP contribution is 2.24. The van der Waals surface area contributed by atoms with Gasteiger partial charge in [-0.15, -0.1) is 0 Å². The molecule has 8 nitrogen and oxygen atoms in total. The Morgan fingerprint density at radius 1 is 1.13 bits per heavy atom. The molecule has 0 saturated carbocycles. The van der Waals surface area contributed by atoms with E-state index >= 15 is 0 Å². The molecule has 0 spiro atoms. The molecule has 0 atom stereocenters. The highest BCUT2D eigenvalue weighted by Gasteiger charge is 2.13. The van der Waals surface area contributed by atoms with Crippen LogP contribution >= 0.6 is 0 Å². The quantitative estimate of drug-likeness (QED) is 0.595. The summed E-state index contributed by atoms with van der Waals surface area (Å²) >= 11 is 0. The van der Waals surface area contributed by atoms with Crippen molar-refractivity contribution >= 4 is 33.0 Å². The fourth-order valence-corrected chi connectivity index (χ4v) is 3.49. The second-order valence-corrected chi connectivity index (χ2v) is 9.50. The maximum Gasteiger partial charge on any atom is 0.411 e. The van der Waals surface area contributed by atoms with Crippen LogP contribution in [0.25, 0.3) is 5.65 Å². The van der Waals surface area contributed by atoms with Crippen molar-refractivity contribution < 1.29 is 17.9 Å². The van der Waals surface area contributed by atoms with Gasteiger partial charge in [0.1, 0.15) is 6.61 Å². The van der Waals surface area contributed by atoms with Crippen LogP contribution in [0.15, 0.2) is 36.5 Å². The Labute approximate surface area is 176 Å². The SMILES string of the molecule is Cc1cccc(NC(=O)OCCS(C)(=O)=O)c1CNc1cccn2c(C)c(C)nc12. The number of fused-ring (bicyclic) bond motifs is 1. The molecular formula is C21H26N4O4S. The number of nitrogens with one attached hydrogen (secondary N) is 2. The van der Waals surface area contributed by atoms with Gasteiger partial charge in [0, 0.05) is 30.4 Å². The Balaban J connectivity index is 1.74. The molecule has 30 heavy (non-hydrogen) atoms. The predicted molar refractivity (Wildman–Crippen MR) is 118 cm³/mol. The summed E-state index contributed by atoms with van der Waals surface area (Å²) in [7, 11) is -3.19. The Kier molecular flexibility index (Phi) is 6.31. The van der Waals surface area contributed by atoms with Crippen LogP contribution in [-0.4, -0.2) is 42.5 Å². The number of carbonyl (C=O) groups excluding carboxylic acids is 1. The van der Waals surface area contributed by atoms with E-state index in [1.807, 2.05) is 55.6 Å². The lowest BCUT2D eigenvalue weighted by atomic mass is 10.1. The van der Waals surface area contributed by atoms with Crippen LogP contribution in [0.3, 0.4) is 0 Å². The maximum absolute atomic E-state index is 12.1. The third-order valence-electron chi connectivity index (χ3n) is 4.92. The Morgan fingerprint density at radius 3 is 2.60 bits per heavy atom. The van der Waals surface area contributed by atoms with E-state index in [0.29, 0.717) is 12.2 Å². The van der Waals surface area contributed by atoms with Crippen molar-refractivity contribution in [1.29, 1.82) is 0 Å². The van der Waals surface area contributed by atoms with Crippen molar-refractivity contribution in [3.63, 3.8) is 0 Å². The summed E-state index contributed by atoms with van der Waals surface area (Å²) in [6.07, 6.45) is 2.39. The first-order valence-electron chi connectivity index (χ1n) is 9.54. The number of benzene rings is 1. The number of rotatable bonds is 7. The molecule has 0 fully saturated rings. The smallest absolute Gasteiger partial charge is 0.411 e. The molecule has 2 N–H and O–H groups in total. The molecule has 2 heterocycles. The lowest BCUT2D eigenvalue weighted by Crippen LogP contribution is -2.20. The molecule has 0 saturated heterocycles. The van der Waals surface area contributed by atoms with Crippen LogP contribution in [0, 0.1) is 20.8 Å². The van der Waals surface area contributed by atoms with E-state index in [2.05, 4.69) is 15.6 Å². The number of pyridine rings is 1. The number of anilines is 2. The highest BCUT2D eigenvalue weighted by atomic mass is 32.2. The van der Waals surface area contributed by atoms with Crippen LogP contribution in [0.4, 0.5) is 16.2 Å². The zero-order chi connectivity index (χ0) is 21.9. The Morgan fingerprint density at radius 2 is 1.87 bits per heavy atom. The average Bonchev–Trinajstić information content (AvgIpc) is 2.95. The summed E-state index contributed by atoms with van der Waals surface area (Å²) in [6.45, 7) is 6.24. The molecule has 3 rings (SSSR count). The van der Waals surface area contributed by atoms with E-state index in [-0.39, 0.29) is 12.4 Å². The number of imidazole rings is 1. The minimum atomic E-state index is -3.19. The van der Waals surface area contributed by atoms with E-state index in [0.717, 1.165) is 40.1 Å². The average molecular weight is 431 g/mol. The van der Waals surface area contributed by atoms with Crippen molar-refractivity contribution in [2.45, 2.75) is 27.3 Å². The van der Waals surface area contributed by atoms with Crippen molar-refractivity contribution in [2.75, 3.05) is 29.2 Å². The van der Waals surface area contributed by atoms with Gasteiger partial charge in [-0.25, -0.2) is 18.2 Å². The summed E-state index contributed by atoms with van der Waals surface area (Å²) in [5.41, 5.74) is 6.30. The van der Waals surface area contributed by atoms with Gasteiger partial charge < -0.3 is 14.5 Å². The molecule has 9 heteroatoms. The standard InChI is InChI=1S/C21H26N4O4S/c1-14-7-5-8-18(24-21(26)29-11-12-30(4,27)28)17(14)13-22-19-9-6-10-25-16(3)15(2)23-20(19)25/h5-10,22H,11-13H2,1-4H3,(H,24,26). The minimum absolute atomic E-state index is 0.190. The molecule has 0 aliphatic heterocycles. The number of hydrogen-bond donors (Lipinski definition) is 2. The number of carbonyl (C=O) groups is 1. The third kappa shape index (κ3) is 5.10. The summed E-state index contributed by atoms with van der Waals surface area (Å²) < 4.78 is 29.4. The van der Waals surface area contributed by atoms with Gasteiger partial charge in [0.15, 0.2) is 15.5 Å². The molecule has 0 aliphatic rings. The first kappa shape index (κ1) is 21.6. The second kappa shape index (κ2) is 8.74. The number of aromatic nitrogens is 2. The minimum Gasteiger partial charge on any atom is -0.448 e. The van der Waals surface area contributed by atoms with Crippen molar-refractivity contribution in [2.24, 2.45) is 0 Å². The number of amides is 1. The Hall–Kier alpha value is -3.07. The van der Waals surface area contributed by atoms with E-state index in [1.54, 1.807) is 6.07 Å². The summed E-state index contributed by atoms with van der Waals surface area (Å²) in [5, 5.41) is 6.11. The largest absolute Gasteiger partial charge is 0.448 e. The van der Waals surface area contributed by atoms with E-state index in [9.17, 15) is 13.2 Å². The molecule has 0 radical (unpaired) electrons. The second-order valence-electron chi connectivity index (χ2n) is 7.24. The normalized spacial score (nSPS) is 11.5. The number of ether oxygens (including phenoxy) is 1.